The minimum absolute atomic E-state index is 0. The summed E-state index contributed by atoms with van der Waals surface area (Å²) in [6.07, 6.45) is 3.81. The van der Waals surface area contributed by atoms with Crippen molar-refractivity contribution >= 4 is 52.2 Å². The SMILES string of the molecule is C[Si](C)(C)c1ccc(-c2[c-]cc(C(=O)O)cc2)nc1.Cc1nccc2c1nc(-c1[c-]ccc3c1oc1cc(-c4ccc(-c5ccccc5)cc4)ccc13)n2-c1c(C(C)C)cc(-c2ccccc2)cc1C(C)C.[Ir]. The second kappa shape index (κ2) is 20.9. The Kier molecular flexibility index (Phi) is 14.4. The van der Waals surface area contributed by atoms with E-state index >= 15 is 0 Å². The Bertz CT molecular complexity index is 3720. The van der Waals surface area contributed by atoms with Crippen molar-refractivity contribution in [2.75, 3.05) is 0 Å². The second-order valence-corrected chi connectivity index (χ2v) is 25.1. The first kappa shape index (κ1) is 50.4. The third-order valence-corrected chi connectivity index (χ3v) is 15.5. The van der Waals surface area contributed by atoms with Gasteiger partial charge in [0.1, 0.15) is 5.58 Å². The van der Waals surface area contributed by atoms with Gasteiger partial charge in [-0.15, -0.1) is 48.0 Å². The summed E-state index contributed by atoms with van der Waals surface area (Å²) >= 11 is 0. The van der Waals surface area contributed by atoms with Gasteiger partial charge in [-0.25, -0.2) is 0 Å². The number of aryl methyl sites for hydroxylation is 1. The molecule has 1 N–H and O–H groups in total. The van der Waals surface area contributed by atoms with Gasteiger partial charge in [0.25, 0.3) is 5.97 Å². The first-order chi connectivity index (χ1) is 34.7. The van der Waals surface area contributed by atoms with Crippen LogP contribution in [0.15, 0.2) is 181 Å². The molecule has 11 rings (SSSR count). The molecule has 73 heavy (non-hydrogen) atoms. The zero-order valence-electron chi connectivity index (χ0n) is 42.3. The van der Waals surface area contributed by atoms with Crippen molar-refractivity contribution in [1.82, 2.24) is 19.5 Å². The number of rotatable bonds is 10. The van der Waals surface area contributed by atoms with Crippen molar-refractivity contribution in [2.24, 2.45) is 0 Å². The van der Waals surface area contributed by atoms with Crippen LogP contribution in [0.25, 0.3) is 94.7 Å². The van der Waals surface area contributed by atoms with Crippen molar-refractivity contribution in [1.29, 1.82) is 0 Å². The van der Waals surface area contributed by atoms with Gasteiger partial charge in [-0.05, 0) is 104 Å². The van der Waals surface area contributed by atoms with E-state index in [2.05, 4.69) is 201 Å². The molecule has 0 fully saturated rings. The van der Waals surface area contributed by atoms with Crippen LogP contribution < -0.4 is 5.19 Å². The molecule has 0 aliphatic carbocycles. The Morgan fingerprint density at radius 2 is 1.27 bits per heavy atom. The van der Waals surface area contributed by atoms with Crippen LogP contribution in [0.2, 0.25) is 19.6 Å². The number of furan rings is 1. The summed E-state index contributed by atoms with van der Waals surface area (Å²) in [5, 5.41) is 12.3. The van der Waals surface area contributed by atoms with Gasteiger partial charge in [0.05, 0.1) is 36.2 Å². The quantitative estimate of drug-likeness (QED) is 0.108. The maximum atomic E-state index is 10.8. The molecule has 0 bridgehead atoms. The molecule has 0 unspecified atom stereocenters. The molecule has 0 aliphatic heterocycles. The van der Waals surface area contributed by atoms with Gasteiger partial charge in [-0.2, -0.15) is 0 Å². The number of fused-ring (bicyclic) bond motifs is 4. The Balaban J connectivity index is 0.000000277. The number of hydrogen-bond donors (Lipinski definition) is 1. The Hall–Kier alpha value is -7.55. The topological polar surface area (TPSA) is 94.0 Å². The summed E-state index contributed by atoms with van der Waals surface area (Å²) in [5.74, 6) is 0.370. The minimum atomic E-state index is -1.33. The fourth-order valence-corrected chi connectivity index (χ4v) is 10.5. The van der Waals surface area contributed by atoms with E-state index in [9.17, 15) is 4.79 Å². The van der Waals surface area contributed by atoms with Crippen LogP contribution in [0.1, 0.15) is 66.7 Å². The number of carboxylic acids is 1. The number of pyridine rings is 2. The molecule has 0 atom stereocenters. The average molecular weight is 1150 g/mol. The van der Waals surface area contributed by atoms with Gasteiger partial charge in [0, 0.05) is 43.6 Å². The molecule has 0 aliphatic rings. The standard InChI is InChI=1S/C49H40N3O.C15H16NO2Si.Ir/c1-30(2)42-27-38(34-15-10-7-11-16-34)28-43(31(3)4)47(42)52-44-25-26-50-32(5)46(44)51-49(52)41-18-12-17-40-39-24-23-37(29-45(39)53-48(40)41)36-21-19-35(20-22-36)33-13-8-6-9-14-33;1-19(2,3)13-8-9-14(16-10-13)11-4-6-12(7-5-11)15(17)18;/h6-17,19-31H,1-5H3;4,6-10H,1-3H3,(H,17,18);/q2*-1;. The fraction of sp³-hybridized carbons (Fsp3) is 0.156. The number of nitrogens with zero attached hydrogens (tertiary/aromatic N) is 4. The largest absolute Gasteiger partial charge is 0.501 e. The normalized spacial score (nSPS) is 11.5. The molecule has 4 aromatic heterocycles. The van der Waals surface area contributed by atoms with Crippen molar-refractivity contribution in [3.05, 3.63) is 211 Å². The number of aromatic nitrogens is 4. The summed E-state index contributed by atoms with van der Waals surface area (Å²) in [6.45, 7) is 18.0. The predicted octanol–water partition coefficient (Wildman–Crippen LogP) is 16.1. The van der Waals surface area contributed by atoms with Crippen LogP contribution in [0, 0.1) is 19.1 Å². The van der Waals surface area contributed by atoms with Crippen LogP contribution in [-0.2, 0) is 20.1 Å². The smallest absolute Gasteiger partial charge is 0.292 e. The maximum Gasteiger partial charge on any atom is 0.292 e. The molecule has 0 spiro atoms. The van der Waals surface area contributed by atoms with Gasteiger partial charge in [-0.3, -0.25) is 14.8 Å². The van der Waals surface area contributed by atoms with Crippen LogP contribution in [0.4, 0.5) is 0 Å². The van der Waals surface area contributed by atoms with Crippen LogP contribution in [0.5, 0.6) is 0 Å². The first-order valence-electron chi connectivity index (χ1n) is 24.6. The van der Waals surface area contributed by atoms with Crippen LogP contribution in [-0.4, -0.2) is 38.7 Å². The van der Waals surface area contributed by atoms with Crippen LogP contribution in [0.3, 0.4) is 0 Å². The maximum absolute atomic E-state index is 10.8. The summed E-state index contributed by atoms with van der Waals surface area (Å²) in [7, 11) is -1.33. The number of imidazole rings is 1. The fourth-order valence-electron chi connectivity index (χ4n) is 9.43. The van der Waals surface area contributed by atoms with E-state index in [-0.39, 0.29) is 37.5 Å². The van der Waals surface area contributed by atoms with Gasteiger partial charge in [0.2, 0.25) is 0 Å². The van der Waals surface area contributed by atoms with Crippen molar-refractivity contribution in [3.63, 3.8) is 0 Å². The first-order valence-corrected chi connectivity index (χ1v) is 28.1. The Labute approximate surface area is 442 Å². The summed E-state index contributed by atoms with van der Waals surface area (Å²) in [6, 6.07) is 62.8. The third-order valence-electron chi connectivity index (χ3n) is 13.4. The van der Waals surface area contributed by atoms with E-state index in [1.54, 1.807) is 12.1 Å². The molecule has 365 valence electrons. The predicted molar refractivity (Wildman–Crippen MR) is 298 cm³/mol. The van der Waals surface area contributed by atoms with Crippen molar-refractivity contribution in [3.8, 4) is 61.7 Å². The molecule has 11 aromatic rings. The molecule has 0 saturated carbocycles. The van der Waals surface area contributed by atoms with Gasteiger partial charge < -0.3 is 19.1 Å². The number of benzene rings is 7. The summed E-state index contributed by atoms with van der Waals surface area (Å²) in [5.41, 5.74) is 17.9. The number of carboxylic acid groups (broad SMARTS) is 1. The molecule has 7 nitrogen and oxygen atoms in total. The molecule has 0 amide bonds. The second-order valence-electron chi connectivity index (χ2n) is 20.0. The molecular weight excluding hydrogens is 1090 g/mol. The van der Waals surface area contributed by atoms with Crippen LogP contribution >= 0.6 is 0 Å². The van der Waals surface area contributed by atoms with Gasteiger partial charge in [0.15, 0.2) is 0 Å². The van der Waals surface area contributed by atoms with E-state index < -0.39 is 14.0 Å². The van der Waals surface area contributed by atoms with E-state index in [4.69, 9.17) is 14.5 Å². The molecule has 0 saturated heterocycles. The Morgan fingerprint density at radius 1 is 0.658 bits per heavy atom. The molecular formula is C64H56IrN4O3Si-2. The average Bonchev–Trinajstić information content (AvgIpc) is 3.98. The van der Waals surface area contributed by atoms with E-state index in [1.165, 1.54) is 50.3 Å². The zero-order valence-corrected chi connectivity index (χ0v) is 45.7. The number of hydrogen-bond acceptors (Lipinski definition) is 5. The van der Waals surface area contributed by atoms with E-state index in [1.807, 2.05) is 37.5 Å². The minimum Gasteiger partial charge on any atom is -0.501 e. The van der Waals surface area contributed by atoms with Gasteiger partial charge >= 0.3 is 0 Å². The Morgan fingerprint density at radius 3 is 1.85 bits per heavy atom. The number of carbonyl (C=O) groups is 1. The monoisotopic (exact) mass is 1150 g/mol. The molecule has 7 aromatic carbocycles. The van der Waals surface area contributed by atoms with E-state index in [0.717, 1.165) is 72.4 Å². The number of aromatic carboxylic acids is 1. The zero-order chi connectivity index (χ0) is 50.3. The summed E-state index contributed by atoms with van der Waals surface area (Å²) in [4.78, 5) is 25.3. The van der Waals surface area contributed by atoms with Crippen molar-refractivity contribution in [2.45, 2.75) is 66.1 Å². The molecule has 9 heteroatoms. The third kappa shape index (κ3) is 10.1. The van der Waals surface area contributed by atoms with E-state index in [0.29, 0.717) is 0 Å². The van der Waals surface area contributed by atoms with Gasteiger partial charge in [-0.1, -0.05) is 167 Å². The van der Waals surface area contributed by atoms with Crippen molar-refractivity contribution < 1.29 is 34.4 Å². The molecule has 4 heterocycles. The molecule has 1 radical (unpaired) electrons. The summed E-state index contributed by atoms with van der Waals surface area (Å²) < 4.78 is 9.19.